The highest BCUT2D eigenvalue weighted by molar-refractivity contribution is 7.89. The lowest BCUT2D eigenvalue weighted by atomic mass is 10.2. The Morgan fingerprint density at radius 2 is 0.935 bits per heavy atom. The second kappa shape index (κ2) is 9.35. The van der Waals surface area contributed by atoms with Gasteiger partial charge in [0.05, 0.1) is 29.9 Å². The minimum absolute atomic E-state index is 0.00161. The largest absolute Gasteiger partial charge is 0.243 e. The Morgan fingerprint density at radius 3 is 1.29 bits per heavy atom. The zero-order valence-electron chi connectivity index (χ0n) is 16.7. The monoisotopic (exact) mass is 544 g/mol. The van der Waals surface area contributed by atoms with Crippen molar-refractivity contribution in [3.63, 3.8) is 0 Å². The van der Waals surface area contributed by atoms with Gasteiger partial charge in [-0.05, 0) is 55.7 Å². The highest BCUT2D eigenvalue weighted by Gasteiger charge is 2.33. The molecular weight excluding hydrogens is 526 g/mol. The van der Waals surface area contributed by atoms with Crippen molar-refractivity contribution in [2.24, 2.45) is 0 Å². The average molecular weight is 546 g/mol. The quantitative estimate of drug-likeness (QED) is 0.541. The first kappa shape index (κ1) is 25.1. The van der Waals surface area contributed by atoms with E-state index in [2.05, 4.69) is 0 Å². The van der Waals surface area contributed by atoms with Crippen LogP contribution >= 0.6 is 46.4 Å². The molecular formula is C19H20Cl4N2O4S2. The third-order valence-corrected chi connectivity index (χ3v) is 10.6. The van der Waals surface area contributed by atoms with Gasteiger partial charge in [-0.2, -0.15) is 8.61 Å². The molecule has 0 aromatic heterocycles. The third-order valence-electron chi connectivity index (χ3n) is 5.09. The lowest BCUT2D eigenvalue weighted by Crippen LogP contribution is -2.37. The van der Waals surface area contributed by atoms with Crippen LogP contribution < -0.4 is 0 Å². The van der Waals surface area contributed by atoms with Crippen LogP contribution in [0.1, 0.15) is 17.5 Å². The minimum Gasteiger partial charge on any atom is -0.207 e. The summed E-state index contributed by atoms with van der Waals surface area (Å²) >= 11 is 24.0. The van der Waals surface area contributed by atoms with Crippen LogP contribution in [0.15, 0.2) is 34.1 Å². The molecule has 12 heteroatoms. The van der Waals surface area contributed by atoms with Crippen molar-refractivity contribution in [3.8, 4) is 0 Å². The highest BCUT2D eigenvalue weighted by atomic mass is 35.5. The van der Waals surface area contributed by atoms with Crippen molar-refractivity contribution < 1.29 is 16.8 Å². The fraction of sp³-hybridized carbons (Fsp3) is 0.368. The van der Waals surface area contributed by atoms with E-state index in [0.717, 1.165) is 0 Å². The molecule has 1 aliphatic heterocycles. The second-order valence-electron chi connectivity index (χ2n) is 7.23. The first-order valence-electron chi connectivity index (χ1n) is 9.27. The summed E-state index contributed by atoms with van der Waals surface area (Å²) in [4.78, 5) is 0.108. The molecule has 6 nitrogen and oxygen atoms in total. The van der Waals surface area contributed by atoms with Gasteiger partial charge in [-0.15, -0.1) is 0 Å². The van der Waals surface area contributed by atoms with Gasteiger partial charge in [-0.1, -0.05) is 46.4 Å². The molecule has 0 atom stereocenters. The molecule has 2 aromatic rings. The van der Waals surface area contributed by atoms with E-state index in [9.17, 15) is 16.8 Å². The van der Waals surface area contributed by atoms with E-state index in [1.807, 2.05) is 0 Å². The SMILES string of the molecule is Cc1cc(Cl)c(Cl)cc1S(=O)(=O)N1CCCN(S(=O)(=O)c2cc(Cl)c(Cl)cc2C)CC1. The Bertz CT molecular complexity index is 1140. The molecule has 0 amide bonds. The second-order valence-corrected chi connectivity index (χ2v) is 12.7. The van der Waals surface area contributed by atoms with Gasteiger partial charge in [0.15, 0.2) is 0 Å². The minimum atomic E-state index is -3.88. The molecule has 0 saturated carbocycles. The molecule has 0 aliphatic carbocycles. The van der Waals surface area contributed by atoms with Crippen molar-refractivity contribution in [2.45, 2.75) is 30.1 Å². The molecule has 0 unspecified atom stereocenters. The molecule has 0 N–H and O–H groups in total. The van der Waals surface area contributed by atoms with Gasteiger partial charge in [0.2, 0.25) is 20.0 Å². The summed E-state index contributed by atoms with van der Waals surface area (Å²) in [6.45, 7) is 3.62. The first-order chi connectivity index (χ1) is 14.4. The van der Waals surface area contributed by atoms with Crippen molar-refractivity contribution in [1.29, 1.82) is 0 Å². The zero-order valence-corrected chi connectivity index (χ0v) is 21.4. The van der Waals surface area contributed by atoms with Crippen LogP contribution in [-0.4, -0.2) is 51.6 Å². The zero-order chi connectivity index (χ0) is 23.1. The van der Waals surface area contributed by atoms with Crippen LogP contribution in [0.2, 0.25) is 20.1 Å². The summed E-state index contributed by atoms with van der Waals surface area (Å²) < 4.78 is 55.4. The van der Waals surface area contributed by atoms with Gasteiger partial charge in [-0.3, -0.25) is 0 Å². The number of benzene rings is 2. The summed E-state index contributed by atoms with van der Waals surface area (Å²) in [5.74, 6) is 0. The maximum Gasteiger partial charge on any atom is 0.243 e. The van der Waals surface area contributed by atoms with Gasteiger partial charge >= 0.3 is 0 Å². The molecule has 3 rings (SSSR count). The molecule has 31 heavy (non-hydrogen) atoms. The van der Waals surface area contributed by atoms with Gasteiger partial charge < -0.3 is 0 Å². The average Bonchev–Trinajstić information content (AvgIpc) is 2.94. The summed E-state index contributed by atoms with van der Waals surface area (Å²) in [5.41, 5.74) is 0.934. The van der Waals surface area contributed by atoms with Crippen molar-refractivity contribution in [2.75, 3.05) is 26.2 Å². The van der Waals surface area contributed by atoms with E-state index in [-0.39, 0.29) is 56.1 Å². The number of halogens is 4. The Balaban J connectivity index is 1.88. The van der Waals surface area contributed by atoms with Crippen LogP contribution in [0.25, 0.3) is 0 Å². The van der Waals surface area contributed by atoms with Crippen LogP contribution in [0.5, 0.6) is 0 Å². The van der Waals surface area contributed by atoms with E-state index in [4.69, 9.17) is 46.4 Å². The standard InChI is InChI=1S/C19H20Cl4N2O4S2/c1-12-8-14(20)16(22)10-18(12)30(26,27)24-4-3-5-25(7-6-24)31(28,29)19-11-17(23)15(21)9-13(19)2/h8-11H,3-7H2,1-2H3. The normalized spacial score (nSPS) is 17.0. The molecule has 1 heterocycles. The van der Waals surface area contributed by atoms with E-state index in [1.54, 1.807) is 13.8 Å². The summed E-state index contributed by atoms with van der Waals surface area (Å²) in [6, 6.07) is 5.65. The molecule has 0 radical (unpaired) electrons. The molecule has 1 saturated heterocycles. The Kier molecular flexibility index (Phi) is 7.55. The number of hydrogen-bond acceptors (Lipinski definition) is 4. The first-order valence-corrected chi connectivity index (χ1v) is 13.7. The fourth-order valence-electron chi connectivity index (χ4n) is 3.44. The van der Waals surface area contributed by atoms with Crippen molar-refractivity contribution >= 4 is 66.5 Å². The summed E-state index contributed by atoms with van der Waals surface area (Å²) in [7, 11) is -7.76. The molecule has 0 bridgehead atoms. The number of aryl methyl sites for hydroxylation is 2. The van der Waals surface area contributed by atoms with Gasteiger partial charge in [0.1, 0.15) is 0 Å². The number of nitrogens with zero attached hydrogens (tertiary/aromatic N) is 2. The third kappa shape index (κ3) is 5.01. The van der Waals surface area contributed by atoms with E-state index in [1.165, 1.54) is 32.9 Å². The molecule has 0 spiro atoms. The maximum atomic E-state index is 13.2. The van der Waals surface area contributed by atoms with Crippen LogP contribution in [-0.2, 0) is 20.0 Å². The molecule has 1 fully saturated rings. The van der Waals surface area contributed by atoms with Crippen LogP contribution in [0.3, 0.4) is 0 Å². The fourth-order valence-corrected chi connectivity index (χ4v) is 7.74. The Labute approximate surface area is 202 Å². The molecule has 170 valence electrons. The van der Waals surface area contributed by atoms with Gasteiger partial charge in [0.25, 0.3) is 0 Å². The molecule has 1 aliphatic rings. The number of hydrogen-bond donors (Lipinski definition) is 0. The topological polar surface area (TPSA) is 74.8 Å². The van der Waals surface area contributed by atoms with Crippen molar-refractivity contribution in [3.05, 3.63) is 55.5 Å². The van der Waals surface area contributed by atoms with E-state index < -0.39 is 20.0 Å². The predicted octanol–water partition coefficient (Wildman–Crippen LogP) is 5.00. The smallest absolute Gasteiger partial charge is 0.207 e. The summed E-state index contributed by atoms with van der Waals surface area (Å²) in [5, 5.41) is 0.811. The Morgan fingerprint density at radius 1 is 0.613 bits per heavy atom. The van der Waals surface area contributed by atoms with Gasteiger partial charge in [-0.25, -0.2) is 16.8 Å². The van der Waals surface area contributed by atoms with E-state index in [0.29, 0.717) is 17.5 Å². The van der Waals surface area contributed by atoms with Crippen LogP contribution in [0.4, 0.5) is 0 Å². The number of rotatable bonds is 4. The predicted molar refractivity (Wildman–Crippen MR) is 125 cm³/mol. The van der Waals surface area contributed by atoms with Crippen LogP contribution in [0, 0.1) is 13.8 Å². The van der Waals surface area contributed by atoms with Crippen molar-refractivity contribution in [1.82, 2.24) is 8.61 Å². The lowest BCUT2D eigenvalue weighted by molar-refractivity contribution is 0.404. The summed E-state index contributed by atoms with van der Waals surface area (Å²) in [6.07, 6.45) is 0.333. The lowest BCUT2D eigenvalue weighted by Gasteiger charge is -2.23. The molecule has 2 aromatic carbocycles. The van der Waals surface area contributed by atoms with E-state index >= 15 is 0 Å². The maximum absolute atomic E-state index is 13.2. The Hall–Kier alpha value is -0.580. The number of sulfonamides is 2. The highest BCUT2D eigenvalue weighted by Crippen LogP contribution is 2.32. The van der Waals surface area contributed by atoms with Gasteiger partial charge in [0, 0.05) is 26.2 Å².